The highest BCUT2D eigenvalue weighted by atomic mass is 16.5. The molecule has 1 aromatic heterocycles. The fourth-order valence-corrected chi connectivity index (χ4v) is 2.13. The number of ether oxygens (including phenoxy) is 1. The molecule has 0 saturated carbocycles. The lowest BCUT2D eigenvalue weighted by molar-refractivity contribution is -0.127. The number of nitrogens with zero attached hydrogens (tertiary/aromatic N) is 1. The van der Waals surface area contributed by atoms with Crippen LogP contribution in [0.4, 0.5) is 0 Å². The summed E-state index contributed by atoms with van der Waals surface area (Å²) in [6.45, 7) is 7.46. The molecule has 0 atom stereocenters. The van der Waals surface area contributed by atoms with E-state index in [-0.39, 0.29) is 11.7 Å². The highest BCUT2D eigenvalue weighted by Crippen LogP contribution is 2.30. The second-order valence-corrected chi connectivity index (χ2v) is 5.50. The molecule has 0 spiro atoms. The number of hydrogen-bond donors (Lipinski definition) is 0. The number of carbonyl (C=O) groups excluding carboxylic acids is 1. The Morgan fingerprint density at radius 2 is 2.05 bits per heavy atom. The lowest BCUT2D eigenvalue weighted by Crippen LogP contribution is -2.32. The van der Waals surface area contributed by atoms with Crippen molar-refractivity contribution in [3.63, 3.8) is 0 Å². The van der Waals surface area contributed by atoms with Crippen molar-refractivity contribution in [1.82, 2.24) is 4.98 Å². The number of benzene rings is 1. The molecule has 0 fully saturated rings. The number of hydrogen-bond acceptors (Lipinski definition) is 4. The third-order valence-electron chi connectivity index (χ3n) is 3.27. The molecule has 2 rings (SSSR count). The second-order valence-electron chi connectivity index (χ2n) is 5.50. The van der Waals surface area contributed by atoms with E-state index in [2.05, 4.69) is 4.98 Å². The quantitative estimate of drug-likeness (QED) is 0.847. The molecule has 0 amide bonds. The van der Waals surface area contributed by atoms with Gasteiger partial charge >= 0.3 is 0 Å². The third-order valence-corrected chi connectivity index (χ3v) is 3.27. The van der Waals surface area contributed by atoms with E-state index >= 15 is 0 Å². The summed E-state index contributed by atoms with van der Waals surface area (Å²) < 4.78 is 10.9. The van der Waals surface area contributed by atoms with Crippen molar-refractivity contribution in [3.8, 4) is 5.75 Å². The van der Waals surface area contributed by atoms with Crippen LogP contribution in [0.2, 0.25) is 0 Å². The first-order valence-electron chi connectivity index (χ1n) is 6.35. The summed E-state index contributed by atoms with van der Waals surface area (Å²) in [6, 6.07) is 5.42. The fourth-order valence-electron chi connectivity index (χ4n) is 2.13. The van der Waals surface area contributed by atoms with Gasteiger partial charge in [-0.3, -0.25) is 4.79 Å². The van der Waals surface area contributed by atoms with Crippen LogP contribution in [0.3, 0.4) is 0 Å². The van der Waals surface area contributed by atoms with E-state index in [1.165, 1.54) is 0 Å². The molecule has 0 radical (unpaired) electrons. The molecule has 102 valence electrons. The smallest absolute Gasteiger partial charge is 0.208 e. The molecule has 1 aromatic carbocycles. The minimum atomic E-state index is -0.722. The van der Waals surface area contributed by atoms with Crippen molar-refractivity contribution in [1.29, 1.82) is 0 Å². The van der Waals surface area contributed by atoms with Gasteiger partial charge in [-0.2, -0.15) is 0 Å². The van der Waals surface area contributed by atoms with Crippen molar-refractivity contribution in [2.45, 2.75) is 33.1 Å². The van der Waals surface area contributed by atoms with Gasteiger partial charge in [-0.1, -0.05) is 13.8 Å². The van der Waals surface area contributed by atoms with Gasteiger partial charge in [-0.05, 0) is 26.0 Å². The van der Waals surface area contributed by atoms with Crippen LogP contribution >= 0.6 is 0 Å². The molecule has 2 aromatic rings. The number of fused-ring (bicyclic) bond motifs is 1. The van der Waals surface area contributed by atoms with Gasteiger partial charge in [0.05, 0.1) is 12.5 Å². The first-order valence-corrected chi connectivity index (χ1v) is 6.35. The van der Waals surface area contributed by atoms with Gasteiger partial charge < -0.3 is 9.15 Å². The zero-order valence-electron chi connectivity index (χ0n) is 12.0. The average Bonchev–Trinajstić information content (AvgIpc) is 2.80. The van der Waals surface area contributed by atoms with E-state index in [1.54, 1.807) is 19.2 Å². The maximum atomic E-state index is 12.2. The second kappa shape index (κ2) is 4.68. The van der Waals surface area contributed by atoms with E-state index in [0.29, 0.717) is 17.0 Å². The maximum Gasteiger partial charge on any atom is 0.208 e. The Hall–Kier alpha value is -1.84. The van der Waals surface area contributed by atoms with Crippen LogP contribution in [0.15, 0.2) is 22.6 Å². The number of methoxy groups -OCH3 is 1. The van der Waals surface area contributed by atoms with Crippen LogP contribution in [0, 0.1) is 5.92 Å². The van der Waals surface area contributed by atoms with E-state index in [0.717, 1.165) is 5.75 Å². The maximum absolute atomic E-state index is 12.2. The molecule has 4 nitrogen and oxygen atoms in total. The molecule has 1 heterocycles. The van der Waals surface area contributed by atoms with Crippen molar-refractivity contribution in [2.75, 3.05) is 7.11 Å². The minimum absolute atomic E-state index is 0.0560. The molecule has 0 saturated heterocycles. The largest absolute Gasteiger partial charge is 0.497 e. The zero-order valence-corrected chi connectivity index (χ0v) is 12.0. The number of oxazole rings is 1. The van der Waals surface area contributed by atoms with Gasteiger partial charge in [0.2, 0.25) is 5.89 Å². The number of rotatable bonds is 4. The summed E-state index contributed by atoms with van der Waals surface area (Å²) in [5, 5.41) is 0. The standard InChI is InChI=1S/C15H19NO3/c1-9(2)13(17)15(3,4)14-16-11-8-10(18-5)6-7-12(11)19-14/h6-9H,1-5H3. The summed E-state index contributed by atoms with van der Waals surface area (Å²) in [7, 11) is 1.61. The van der Waals surface area contributed by atoms with Gasteiger partial charge in [0.1, 0.15) is 17.0 Å². The van der Waals surface area contributed by atoms with Crippen LogP contribution in [-0.4, -0.2) is 17.9 Å². The molecular formula is C15H19NO3. The first-order chi connectivity index (χ1) is 8.86. The molecule has 19 heavy (non-hydrogen) atoms. The molecule has 0 aliphatic heterocycles. The van der Waals surface area contributed by atoms with Gasteiger partial charge in [-0.25, -0.2) is 4.98 Å². The lowest BCUT2D eigenvalue weighted by Gasteiger charge is -2.21. The zero-order chi connectivity index (χ0) is 14.2. The summed E-state index contributed by atoms with van der Waals surface area (Å²) in [4.78, 5) is 16.7. The SMILES string of the molecule is COc1ccc2oc(C(C)(C)C(=O)C(C)C)nc2c1. The van der Waals surface area contributed by atoms with Crippen molar-refractivity contribution < 1.29 is 13.9 Å². The number of ketones is 1. The Bertz CT molecular complexity index is 611. The van der Waals surface area contributed by atoms with Gasteiger partial charge in [0, 0.05) is 12.0 Å². The third kappa shape index (κ3) is 2.35. The van der Waals surface area contributed by atoms with E-state index in [4.69, 9.17) is 9.15 Å². The molecule has 0 unspecified atom stereocenters. The summed E-state index contributed by atoms with van der Waals surface area (Å²) >= 11 is 0. The first kappa shape index (κ1) is 13.6. The number of aromatic nitrogens is 1. The predicted octanol–water partition coefficient (Wildman–Crippen LogP) is 3.34. The molecule has 0 bridgehead atoms. The normalized spacial score (nSPS) is 12.1. The Morgan fingerprint density at radius 3 is 2.63 bits per heavy atom. The van der Waals surface area contributed by atoms with Crippen LogP contribution < -0.4 is 4.74 Å². The summed E-state index contributed by atoms with van der Waals surface area (Å²) in [5.41, 5.74) is 0.653. The monoisotopic (exact) mass is 261 g/mol. The van der Waals surface area contributed by atoms with E-state index in [1.807, 2.05) is 33.8 Å². The van der Waals surface area contributed by atoms with Gasteiger partial charge in [0.25, 0.3) is 0 Å². The van der Waals surface area contributed by atoms with Crippen molar-refractivity contribution in [2.24, 2.45) is 5.92 Å². The van der Waals surface area contributed by atoms with Crippen LogP contribution in [0.25, 0.3) is 11.1 Å². The Kier molecular flexibility index (Phi) is 3.35. The average molecular weight is 261 g/mol. The molecule has 0 N–H and O–H groups in total. The topological polar surface area (TPSA) is 52.3 Å². The van der Waals surface area contributed by atoms with Crippen molar-refractivity contribution in [3.05, 3.63) is 24.1 Å². The lowest BCUT2D eigenvalue weighted by atomic mass is 9.82. The van der Waals surface area contributed by atoms with Crippen LogP contribution in [0.5, 0.6) is 5.75 Å². The van der Waals surface area contributed by atoms with Crippen LogP contribution in [0.1, 0.15) is 33.6 Å². The van der Waals surface area contributed by atoms with Crippen molar-refractivity contribution >= 4 is 16.9 Å². The van der Waals surface area contributed by atoms with E-state index < -0.39 is 5.41 Å². The Balaban J connectivity index is 2.48. The fraction of sp³-hybridized carbons (Fsp3) is 0.467. The predicted molar refractivity (Wildman–Crippen MR) is 73.4 cm³/mol. The highest BCUT2D eigenvalue weighted by Gasteiger charge is 2.36. The number of Topliss-reactive ketones (excluding diaryl/α,β-unsaturated/α-hetero) is 1. The minimum Gasteiger partial charge on any atom is -0.497 e. The van der Waals surface area contributed by atoms with Crippen LogP contribution in [-0.2, 0) is 10.2 Å². The summed E-state index contributed by atoms with van der Waals surface area (Å²) in [5.74, 6) is 1.24. The molecule has 0 aliphatic carbocycles. The van der Waals surface area contributed by atoms with Gasteiger partial charge in [0.15, 0.2) is 5.58 Å². The Morgan fingerprint density at radius 1 is 1.37 bits per heavy atom. The highest BCUT2D eigenvalue weighted by molar-refractivity contribution is 5.90. The van der Waals surface area contributed by atoms with E-state index in [9.17, 15) is 4.79 Å². The number of carbonyl (C=O) groups is 1. The molecule has 0 aliphatic rings. The molecule has 4 heteroatoms. The molecular weight excluding hydrogens is 242 g/mol. The van der Waals surface area contributed by atoms with Gasteiger partial charge in [-0.15, -0.1) is 0 Å². The summed E-state index contributed by atoms with van der Waals surface area (Å²) in [6.07, 6.45) is 0. The Labute approximate surface area is 112 Å².